The van der Waals surface area contributed by atoms with Gasteiger partial charge in [0.25, 0.3) is 5.91 Å². The van der Waals surface area contributed by atoms with Crippen LogP contribution in [-0.4, -0.2) is 66.8 Å². The lowest BCUT2D eigenvalue weighted by molar-refractivity contribution is -0.147. The number of amides is 1. The van der Waals surface area contributed by atoms with E-state index in [9.17, 15) is 18.0 Å². The Morgan fingerprint density at radius 1 is 1.23 bits per heavy atom. The van der Waals surface area contributed by atoms with Crippen molar-refractivity contribution < 1.29 is 32.2 Å². The normalized spacial score (nSPS) is 15.1. The number of nitrogens with zero attached hydrogens (tertiary/aromatic N) is 3. The summed E-state index contributed by atoms with van der Waals surface area (Å²) in [5.74, 6) is 0.344. The summed E-state index contributed by atoms with van der Waals surface area (Å²) in [7, 11) is 4.54. The van der Waals surface area contributed by atoms with Gasteiger partial charge in [0.1, 0.15) is 23.7 Å². The van der Waals surface area contributed by atoms with Crippen LogP contribution < -0.4 is 9.47 Å². The van der Waals surface area contributed by atoms with Crippen LogP contribution in [0.3, 0.4) is 0 Å². The van der Waals surface area contributed by atoms with E-state index in [0.717, 1.165) is 4.90 Å². The minimum atomic E-state index is -4.51. The first-order valence-electron chi connectivity index (χ1n) is 9.45. The van der Waals surface area contributed by atoms with E-state index in [1.165, 1.54) is 32.0 Å². The van der Waals surface area contributed by atoms with Crippen LogP contribution in [-0.2, 0) is 11.8 Å². The van der Waals surface area contributed by atoms with Crippen molar-refractivity contribution in [3.8, 4) is 22.8 Å². The van der Waals surface area contributed by atoms with E-state index in [-0.39, 0.29) is 5.69 Å². The predicted molar refractivity (Wildman–Crippen MR) is 103 cm³/mol. The molecule has 0 unspecified atom stereocenters. The minimum Gasteiger partial charge on any atom is -0.497 e. The fourth-order valence-electron chi connectivity index (χ4n) is 3.52. The second-order valence-corrected chi connectivity index (χ2v) is 7.00. The van der Waals surface area contributed by atoms with Gasteiger partial charge < -0.3 is 19.1 Å². The molecule has 1 amide bonds. The van der Waals surface area contributed by atoms with Crippen molar-refractivity contribution in [1.82, 2.24) is 14.7 Å². The first kappa shape index (κ1) is 21.9. The van der Waals surface area contributed by atoms with Gasteiger partial charge in [-0.2, -0.15) is 18.3 Å². The summed E-state index contributed by atoms with van der Waals surface area (Å²) in [4.78, 5) is 14.0. The van der Waals surface area contributed by atoms with Gasteiger partial charge in [0, 0.05) is 31.9 Å². The van der Waals surface area contributed by atoms with Crippen molar-refractivity contribution in [3.05, 3.63) is 30.0 Å². The number of alkyl halides is 3. The van der Waals surface area contributed by atoms with Crippen molar-refractivity contribution >= 4 is 5.91 Å². The molecular formula is C20H24F3N3O4. The molecule has 0 N–H and O–H groups in total. The molecule has 1 aliphatic heterocycles. The lowest BCUT2D eigenvalue weighted by Crippen LogP contribution is -2.48. The highest BCUT2D eigenvalue weighted by atomic mass is 19.4. The van der Waals surface area contributed by atoms with Gasteiger partial charge in [0.15, 0.2) is 0 Å². The average Bonchev–Trinajstić information content (AvgIpc) is 3.12. The Bertz CT molecular complexity index is 892. The Morgan fingerprint density at radius 2 is 1.93 bits per heavy atom. The van der Waals surface area contributed by atoms with Gasteiger partial charge in [-0.25, -0.2) is 0 Å². The van der Waals surface area contributed by atoms with Crippen LogP contribution in [0.1, 0.15) is 23.3 Å². The molecule has 2 heterocycles. The second kappa shape index (κ2) is 8.95. The van der Waals surface area contributed by atoms with E-state index >= 15 is 0 Å². The molecule has 0 radical (unpaired) electrons. The van der Waals surface area contributed by atoms with E-state index in [2.05, 4.69) is 5.10 Å². The van der Waals surface area contributed by atoms with E-state index in [0.29, 0.717) is 48.8 Å². The summed E-state index contributed by atoms with van der Waals surface area (Å²) in [5, 5.41) is 4.34. The van der Waals surface area contributed by atoms with Gasteiger partial charge in [-0.3, -0.25) is 9.48 Å². The molecule has 30 heavy (non-hydrogen) atoms. The van der Waals surface area contributed by atoms with Crippen molar-refractivity contribution in [3.63, 3.8) is 0 Å². The molecule has 1 saturated heterocycles. The Morgan fingerprint density at radius 3 is 2.53 bits per heavy atom. The van der Waals surface area contributed by atoms with Gasteiger partial charge in [0.05, 0.1) is 19.9 Å². The molecule has 10 heteroatoms. The Balaban J connectivity index is 1.97. The molecule has 0 spiro atoms. The molecule has 3 rings (SSSR count). The fourth-order valence-corrected chi connectivity index (χ4v) is 3.52. The number of hydrogen-bond donors (Lipinski definition) is 0. The summed E-state index contributed by atoms with van der Waals surface area (Å²) in [5.41, 5.74) is 1.03. The number of methoxy groups -OCH3 is 2. The molecule has 164 valence electrons. The highest BCUT2D eigenvalue weighted by Gasteiger charge is 2.38. The topological polar surface area (TPSA) is 65.8 Å². The maximum absolute atomic E-state index is 13.2. The Kier molecular flexibility index (Phi) is 6.55. The molecule has 0 saturated carbocycles. The zero-order valence-electron chi connectivity index (χ0n) is 17.0. The van der Waals surface area contributed by atoms with Crippen LogP contribution in [0.15, 0.2) is 24.3 Å². The monoisotopic (exact) mass is 427 g/mol. The summed E-state index contributed by atoms with van der Waals surface area (Å²) in [6.45, 7) is -0.673. The summed E-state index contributed by atoms with van der Waals surface area (Å²) < 4.78 is 56.7. The van der Waals surface area contributed by atoms with E-state index in [1.807, 2.05) is 0 Å². The number of hydrogen-bond acceptors (Lipinski definition) is 5. The number of ether oxygens (including phenoxy) is 3. The number of rotatable bonds is 6. The number of carbonyl (C=O) groups excluding carboxylic acids is 1. The second-order valence-electron chi connectivity index (χ2n) is 7.00. The molecule has 0 atom stereocenters. The van der Waals surface area contributed by atoms with Crippen LogP contribution in [0, 0.1) is 0 Å². The standard InChI is InChI=1S/C20H24F3N3O4/c1-25-17(11-16(24-25)15-10-14(28-2)4-5-18(15)29-3)19(27)26(12-20(21,22)23)13-6-8-30-9-7-13/h4-5,10-11,13H,6-9,12H2,1-3H3. The summed E-state index contributed by atoms with van der Waals surface area (Å²) in [6, 6.07) is 6.04. The molecule has 1 fully saturated rings. The van der Waals surface area contributed by atoms with Gasteiger partial charge in [-0.05, 0) is 37.1 Å². The van der Waals surface area contributed by atoms with Crippen LogP contribution in [0.5, 0.6) is 11.5 Å². The Labute approximate surface area is 172 Å². The maximum Gasteiger partial charge on any atom is 0.406 e. The highest BCUT2D eigenvalue weighted by molar-refractivity contribution is 5.94. The van der Waals surface area contributed by atoms with Crippen LogP contribution in [0.2, 0.25) is 0 Å². The van der Waals surface area contributed by atoms with Crippen LogP contribution in [0.25, 0.3) is 11.3 Å². The molecule has 1 aromatic heterocycles. The lowest BCUT2D eigenvalue weighted by Gasteiger charge is -2.34. The minimum absolute atomic E-state index is 0.0608. The highest BCUT2D eigenvalue weighted by Crippen LogP contribution is 2.33. The zero-order chi connectivity index (χ0) is 21.9. The van der Waals surface area contributed by atoms with Crippen LogP contribution >= 0.6 is 0 Å². The third-order valence-corrected chi connectivity index (χ3v) is 5.02. The first-order chi connectivity index (χ1) is 14.2. The SMILES string of the molecule is COc1ccc(OC)c(-c2cc(C(=O)N(CC(F)(F)F)C3CCOCC3)n(C)n2)c1. The number of carbonyl (C=O) groups is 1. The Hall–Kier alpha value is -2.75. The number of aromatic nitrogens is 2. The van der Waals surface area contributed by atoms with E-state index < -0.39 is 24.7 Å². The molecule has 1 aliphatic rings. The third-order valence-electron chi connectivity index (χ3n) is 5.02. The predicted octanol–water partition coefficient (Wildman–Crippen LogP) is 3.29. The smallest absolute Gasteiger partial charge is 0.406 e. The molecule has 0 bridgehead atoms. The lowest BCUT2D eigenvalue weighted by atomic mass is 10.1. The maximum atomic E-state index is 13.2. The van der Waals surface area contributed by atoms with Crippen molar-refractivity contribution in [2.45, 2.75) is 25.1 Å². The average molecular weight is 427 g/mol. The summed E-state index contributed by atoms with van der Waals surface area (Å²) >= 11 is 0. The van der Waals surface area contributed by atoms with Gasteiger partial charge >= 0.3 is 6.18 Å². The van der Waals surface area contributed by atoms with Crippen LogP contribution in [0.4, 0.5) is 13.2 Å². The van der Waals surface area contributed by atoms with Gasteiger partial charge in [-0.15, -0.1) is 0 Å². The zero-order valence-corrected chi connectivity index (χ0v) is 17.0. The quantitative estimate of drug-likeness (QED) is 0.708. The number of halogens is 3. The molecule has 0 aliphatic carbocycles. The molecule has 7 nitrogen and oxygen atoms in total. The van der Waals surface area contributed by atoms with E-state index in [1.54, 1.807) is 18.2 Å². The summed E-state index contributed by atoms with van der Waals surface area (Å²) in [6.07, 6.45) is -3.79. The number of aryl methyl sites for hydroxylation is 1. The van der Waals surface area contributed by atoms with Gasteiger partial charge in [0.2, 0.25) is 0 Å². The third kappa shape index (κ3) is 4.86. The fraction of sp³-hybridized carbons (Fsp3) is 0.500. The van der Waals surface area contributed by atoms with Crippen molar-refractivity contribution in [1.29, 1.82) is 0 Å². The van der Waals surface area contributed by atoms with Crippen molar-refractivity contribution in [2.75, 3.05) is 34.0 Å². The molecule has 1 aromatic carbocycles. The van der Waals surface area contributed by atoms with E-state index in [4.69, 9.17) is 14.2 Å². The van der Waals surface area contributed by atoms with Crippen molar-refractivity contribution in [2.24, 2.45) is 7.05 Å². The molecule has 2 aromatic rings. The number of benzene rings is 1. The molecular weight excluding hydrogens is 403 g/mol. The van der Waals surface area contributed by atoms with Gasteiger partial charge in [-0.1, -0.05) is 0 Å². The first-order valence-corrected chi connectivity index (χ1v) is 9.45. The largest absolute Gasteiger partial charge is 0.497 e.